The zero-order valence-corrected chi connectivity index (χ0v) is 5.72. The Morgan fingerprint density at radius 1 is 1.62 bits per heavy atom. The van der Waals surface area contributed by atoms with Gasteiger partial charge in [0.05, 0.1) is 0 Å². The summed E-state index contributed by atoms with van der Waals surface area (Å²) in [4.78, 5) is 0. The summed E-state index contributed by atoms with van der Waals surface area (Å²) in [6.45, 7) is 4.35. The molecule has 0 spiro atoms. The third-order valence-corrected chi connectivity index (χ3v) is 1.18. The lowest BCUT2D eigenvalue weighted by molar-refractivity contribution is 0.633. The van der Waals surface area contributed by atoms with Gasteiger partial charge in [-0.25, -0.2) is 0 Å². The normalized spacial score (nSPS) is 14.8. The highest BCUT2D eigenvalue weighted by molar-refractivity contribution is 4.81. The first-order valence-electron chi connectivity index (χ1n) is 3.19. The van der Waals surface area contributed by atoms with E-state index >= 15 is 0 Å². The molecule has 0 rings (SSSR count). The number of rotatable bonds is 3. The lowest BCUT2D eigenvalue weighted by atomic mass is 10.1. The van der Waals surface area contributed by atoms with E-state index in [1.54, 1.807) is 6.20 Å². The lowest BCUT2D eigenvalue weighted by Crippen LogP contribution is -1.89. The maximum Gasteiger partial charge on any atom is -0.0100 e. The number of allylic oxidation sites excluding steroid dienone is 1. The Bertz CT molecular complexity index is 66.8. The fraction of sp³-hybridized carbons (Fsp3) is 0.714. The molecule has 0 aliphatic carbocycles. The molecule has 0 bridgehead atoms. The van der Waals surface area contributed by atoms with E-state index in [0.717, 1.165) is 0 Å². The highest BCUT2D eigenvalue weighted by atomic mass is 14.5. The predicted octanol–water partition coefficient (Wildman–Crippen LogP) is 1.90. The van der Waals surface area contributed by atoms with Gasteiger partial charge in [0.15, 0.2) is 0 Å². The van der Waals surface area contributed by atoms with Crippen LogP contribution in [0.25, 0.3) is 0 Å². The quantitative estimate of drug-likeness (QED) is 0.594. The van der Waals surface area contributed by atoms with Gasteiger partial charge in [0.2, 0.25) is 0 Å². The van der Waals surface area contributed by atoms with Gasteiger partial charge in [-0.1, -0.05) is 26.3 Å². The molecule has 1 nitrogen and oxygen atoms in total. The van der Waals surface area contributed by atoms with Gasteiger partial charge in [-0.3, -0.25) is 0 Å². The van der Waals surface area contributed by atoms with Crippen molar-refractivity contribution in [1.82, 2.24) is 0 Å². The molecule has 0 saturated carbocycles. The summed E-state index contributed by atoms with van der Waals surface area (Å²) in [5.41, 5.74) is 5.18. The second kappa shape index (κ2) is 4.69. The summed E-state index contributed by atoms with van der Waals surface area (Å²) < 4.78 is 0. The minimum atomic E-state index is 0.657. The average Bonchev–Trinajstić information content (AvgIpc) is 1.68. The Hall–Kier alpha value is -0.460. The zero-order chi connectivity index (χ0) is 6.41. The van der Waals surface area contributed by atoms with Crippen LogP contribution in [0.15, 0.2) is 12.3 Å². The highest BCUT2D eigenvalue weighted by Gasteiger charge is 1.90. The Morgan fingerprint density at radius 2 is 2.25 bits per heavy atom. The summed E-state index contributed by atoms with van der Waals surface area (Å²) in [6, 6.07) is 0. The molecule has 0 radical (unpaired) electrons. The van der Waals surface area contributed by atoms with Crippen molar-refractivity contribution in [1.29, 1.82) is 0 Å². The molecule has 1 heteroatoms. The van der Waals surface area contributed by atoms with Gasteiger partial charge >= 0.3 is 0 Å². The van der Waals surface area contributed by atoms with Crippen molar-refractivity contribution in [2.45, 2.75) is 26.7 Å². The summed E-state index contributed by atoms with van der Waals surface area (Å²) >= 11 is 0. The third kappa shape index (κ3) is 3.72. The van der Waals surface area contributed by atoms with Gasteiger partial charge in [-0.15, -0.1) is 0 Å². The van der Waals surface area contributed by atoms with Crippen molar-refractivity contribution in [3.8, 4) is 0 Å². The van der Waals surface area contributed by atoms with Crippen LogP contribution >= 0.6 is 0 Å². The molecule has 0 aliphatic heterocycles. The molecule has 8 heavy (non-hydrogen) atoms. The van der Waals surface area contributed by atoms with Crippen LogP contribution in [0.3, 0.4) is 0 Å². The van der Waals surface area contributed by atoms with Crippen LogP contribution in [0.5, 0.6) is 0 Å². The Morgan fingerprint density at radius 3 is 2.62 bits per heavy atom. The monoisotopic (exact) mass is 113 g/mol. The molecule has 0 fully saturated rings. The van der Waals surface area contributed by atoms with Crippen molar-refractivity contribution in [2.75, 3.05) is 0 Å². The highest BCUT2D eigenvalue weighted by Crippen LogP contribution is 2.04. The van der Waals surface area contributed by atoms with Crippen molar-refractivity contribution in [3.05, 3.63) is 12.3 Å². The molecular weight excluding hydrogens is 98.1 g/mol. The van der Waals surface area contributed by atoms with Crippen molar-refractivity contribution >= 4 is 0 Å². The third-order valence-electron chi connectivity index (χ3n) is 1.18. The summed E-state index contributed by atoms with van der Waals surface area (Å²) in [5.74, 6) is 0.657. The van der Waals surface area contributed by atoms with Gasteiger partial charge in [-0.2, -0.15) is 0 Å². The molecule has 0 aliphatic rings. The largest absolute Gasteiger partial charge is 0.405 e. The van der Waals surface area contributed by atoms with Crippen LogP contribution in [0.2, 0.25) is 0 Å². The smallest absolute Gasteiger partial charge is 0.0100 e. The first-order valence-corrected chi connectivity index (χ1v) is 3.19. The lowest BCUT2D eigenvalue weighted by Gasteiger charge is -1.99. The Balaban J connectivity index is 3.17. The molecule has 1 atom stereocenters. The maximum atomic E-state index is 5.18. The van der Waals surface area contributed by atoms with Gasteiger partial charge in [-0.05, 0) is 18.5 Å². The number of hydrogen-bond acceptors (Lipinski definition) is 1. The van der Waals surface area contributed by atoms with E-state index in [0.29, 0.717) is 5.92 Å². The zero-order valence-electron chi connectivity index (χ0n) is 5.72. The molecule has 0 amide bonds. The molecule has 0 saturated heterocycles. The molecule has 48 valence electrons. The van der Waals surface area contributed by atoms with Crippen LogP contribution in [0.4, 0.5) is 0 Å². The van der Waals surface area contributed by atoms with E-state index in [4.69, 9.17) is 5.73 Å². The van der Waals surface area contributed by atoms with E-state index in [1.165, 1.54) is 12.8 Å². The molecule has 0 aromatic heterocycles. The summed E-state index contributed by atoms with van der Waals surface area (Å²) in [6.07, 6.45) is 6.14. The predicted molar refractivity (Wildman–Crippen MR) is 37.4 cm³/mol. The maximum absolute atomic E-state index is 5.18. The van der Waals surface area contributed by atoms with E-state index in [-0.39, 0.29) is 0 Å². The summed E-state index contributed by atoms with van der Waals surface area (Å²) in [5, 5.41) is 0. The van der Waals surface area contributed by atoms with Crippen molar-refractivity contribution < 1.29 is 0 Å². The summed E-state index contributed by atoms with van der Waals surface area (Å²) in [7, 11) is 0. The Labute approximate surface area is 51.6 Å². The standard InChI is InChI=1S/C7H15N/c1-3-4-7(2)5-6-8/h5-7H,3-4,8H2,1-2H3/b6-5+/t7-/m0/s1. The minimum absolute atomic E-state index is 0.657. The molecule has 0 aromatic carbocycles. The molecule has 2 N–H and O–H groups in total. The van der Waals surface area contributed by atoms with Crippen molar-refractivity contribution in [3.63, 3.8) is 0 Å². The van der Waals surface area contributed by atoms with Gasteiger partial charge in [0.25, 0.3) is 0 Å². The fourth-order valence-electron chi connectivity index (χ4n) is 0.741. The number of hydrogen-bond donors (Lipinski definition) is 1. The molecular formula is C7H15N. The van der Waals surface area contributed by atoms with Crippen LogP contribution < -0.4 is 5.73 Å². The van der Waals surface area contributed by atoms with Gasteiger partial charge in [0.1, 0.15) is 0 Å². The van der Waals surface area contributed by atoms with Gasteiger partial charge < -0.3 is 5.73 Å². The van der Waals surface area contributed by atoms with Crippen LogP contribution in [-0.4, -0.2) is 0 Å². The molecule has 0 heterocycles. The average molecular weight is 113 g/mol. The van der Waals surface area contributed by atoms with Crippen LogP contribution in [0.1, 0.15) is 26.7 Å². The van der Waals surface area contributed by atoms with Crippen LogP contribution in [-0.2, 0) is 0 Å². The van der Waals surface area contributed by atoms with E-state index in [1.807, 2.05) is 6.08 Å². The van der Waals surface area contributed by atoms with E-state index in [9.17, 15) is 0 Å². The van der Waals surface area contributed by atoms with Crippen molar-refractivity contribution in [2.24, 2.45) is 11.7 Å². The first kappa shape index (κ1) is 7.54. The number of nitrogens with two attached hydrogens (primary N) is 1. The SMILES string of the molecule is CCC[C@H](C)/C=C/N. The second-order valence-electron chi connectivity index (χ2n) is 2.15. The second-order valence-corrected chi connectivity index (χ2v) is 2.15. The van der Waals surface area contributed by atoms with Crippen LogP contribution in [0, 0.1) is 5.92 Å². The first-order chi connectivity index (χ1) is 3.81. The topological polar surface area (TPSA) is 26.0 Å². The van der Waals surface area contributed by atoms with E-state index in [2.05, 4.69) is 13.8 Å². The molecule has 0 aromatic rings. The van der Waals surface area contributed by atoms with E-state index < -0.39 is 0 Å². The molecule has 0 unspecified atom stereocenters. The Kier molecular flexibility index (Phi) is 4.42. The minimum Gasteiger partial charge on any atom is -0.405 e. The van der Waals surface area contributed by atoms with Gasteiger partial charge in [0, 0.05) is 0 Å². The fourth-order valence-corrected chi connectivity index (χ4v) is 0.741.